The molecule has 1 amide bonds. The zero-order valence-electron chi connectivity index (χ0n) is 15.0. The molecule has 0 fully saturated rings. The van der Waals surface area contributed by atoms with Gasteiger partial charge in [0, 0.05) is 12.1 Å². The van der Waals surface area contributed by atoms with Crippen LogP contribution in [0.3, 0.4) is 0 Å². The molecular formula is C18H24F2N4O2. The average molecular weight is 366 g/mol. The van der Waals surface area contributed by atoms with Crippen molar-refractivity contribution in [3.8, 4) is 17.0 Å². The molecule has 142 valence electrons. The van der Waals surface area contributed by atoms with Crippen LogP contribution in [0.4, 0.5) is 8.78 Å². The average Bonchev–Trinajstić information content (AvgIpc) is 3.12. The van der Waals surface area contributed by atoms with Crippen LogP contribution in [0.5, 0.6) is 5.75 Å². The number of H-pyrrole nitrogens is 1. The molecule has 0 radical (unpaired) electrons. The maximum Gasteiger partial charge on any atom is 0.387 e. The van der Waals surface area contributed by atoms with Crippen LogP contribution in [0, 0.1) is 0 Å². The third kappa shape index (κ3) is 5.80. The van der Waals surface area contributed by atoms with E-state index in [0.29, 0.717) is 23.5 Å². The monoisotopic (exact) mass is 366 g/mol. The van der Waals surface area contributed by atoms with E-state index in [2.05, 4.69) is 39.0 Å². The van der Waals surface area contributed by atoms with Gasteiger partial charge in [-0.2, -0.15) is 13.9 Å². The predicted molar refractivity (Wildman–Crippen MR) is 95.4 cm³/mol. The fraction of sp³-hybridized carbons (Fsp3) is 0.444. The summed E-state index contributed by atoms with van der Waals surface area (Å²) in [5, 5.41) is 9.66. The lowest BCUT2D eigenvalue weighted by Gasteiger charge is -2.17. The van der Waals surface area contributed by atoms with E-state index in [-0.39, 0.29) is 11.7 Å². The highest BCUT2D eigenvalue weighted by Crippen LogP contribution is 2.22. The van der Waals surface area contributed by atoms with E-state index in [1.165, 1.54) is 12.1 Å². The van der Waals surface area contributed by atoms with Gasteiger partial charge in [0.15, 0.2) is 0 Å². The SMILES string of the molecule is CCN(CC)CCCNC(=O)c1cc(-c2ccc(OC(F)F)cc2)n[nH]1. The highest BCUT2D eigenvalue weighted by molar-refractivity contribution is 5.93. The molecule has 0 spiro atoms. The summed E-state index contributed by atoms with van der Waals surface area (Å²) in [7, 11) is 0. The fourth-order valence-corrected chi connectivity index (χ4v) is 2.53. The Labute approximate surface area is 151 Å². The van der Waals surface area contributed by atoms with Crippen molar-refractivity contribution in [2.24, 2.45) is 0 Å². The summed E-state index contributed by atoms with van der Waals surface area (Å²) >= 11 is 0. The van der Waals surface area contributed by atoms with Gasteiger partial charge in [-0.15, -0.1) is 0 Å². The predicted octanol–water partition coefficient (Wildman–Crippen LogP) is 3.14. The van der Waals surface area contributed by atoms with E-state index < -0.39 is 6.61 Å². The molecule has 26 heavy (non-hydrogen) atoms. The highest BCUT2D eigenvalue weighted by Gasteiger charge is 2.11. The number of aromatic nitrogens is 2. The topological polar surface area (TPSA) is 70.2 Å². The number of rotatable bonds is 10. The number of nitrogens with zero attached hydrogens (tertiary/aromatic N) is 2. The second-order valence-corrected chi connectivity index (χ2v) is 5.71. The smallest absolute Gasteiger partial charge is 0.387 e. The Morgan fingerprint density at radius 2 is 1.96 bits per heavy atom. The van der Waals surface area contributed by atoms with Crippen molar-refractivity contribution in [3.05, 3.63) is 36.0 Å². The van der Waals surface area contributed by atoms with Crippen molar-refractivity contribution in [1.29, 1.82) is 0 Å². The Morgan fingerprint density at radius 3 is 2.58 bits per heavy atom. The molecule has 8 heteroatoms. The summed E-state index contributed by atoms with van der Waals surface area (Å²) in [5.74, 6) is -0.147. The van der Waals surface area contributed by atoms with Crippen LogP contribution in [-0.4, -0.2) is 53.8 Å². The van der Waals surface area contributed by atoms with Crippen molar-refractivity contribution in [3.63, 3.8) is 0 Å². The van der Waals surface area contributed by atoms with E-state index in [0.717, 1.165) is 26.1 Å². The standard InChI is InChI=1S/C18H24F2N4O2/c1-3-24(4-2)11-5-10-21-17(25)16-12-15(22-23-16)13-6-8-14(9-7-13)26-18(19)20/h6-9,12,18H,3-5,10-11H2,1-2H3,(H,21,25)(H,22,23). The van der Waals surface area contributed by atoms with E-state index in [9.17, 15) is 13.6 Å². The molecule has 2 N–H and O–H groups in total. The third-order valence-electron chi connectivity index (χ3n) is 4.03. The molecule has 2 aromatic rings. The first kappa shape index (κ1) is 19.8. The van der Waals surface area contributed by atoms with Gasteiger partial charge < -0.3 is 15.0 Å². The molecule has 0 unspecified atom stereocenters. The van der Waals surface area contributed by atoms with Crippen molar-refractivity contribution in [2.45, 2.75) is 26.9 Å². The van der Waals surface area contributed by atoms with E-state index in [1.54, 1.807) is 18.2 Å². The molecule has 0 atom stereocenters. The van der Waals surface area contributed by atoms with Crippen LogP contribution in [0.15, 0.2) is 30.3 Å². The van der Waals surface area contributed by atoms with Crippen LogP contribution in [0.2, 0.25) is 0 Å². The normalized spacial score (nSPS) is 11.2. The van der Waals surface area contributed by atoms with Crippen LogP contribution in [0.1, 0.15) is 30.8 Å². The maximum absolute atomic E-state index is 12.2. The molecule has 1 heterocycles. The molecule has 0 saturated carbocycles. The Balaban J connectivity index is 1.87. The van der Waals surface area contributed by atoms with Gasteiger partial charge in [-0.3, -0.25) is 9.89 Å². The zero-order valence-corrected chi connectivity index (χ0v) is 15.0. The van der Waals surface area contributed by atoms with Gasteiger partial charge in [0.1, 0.15) is 11.4 Å². The summed E-state index contributed by atoms with van der Waals surface area (Å²) in [5.41, 5.74) is 1.61. The fourth-order valence-electron chi connectivity index (χ4n) is 2.53. The van der Waals surface area contributed by atoms with Gasteiger partial charge in [0.05, 0.1) is 5.69 Å². The number of nitrogens with one attached hydrogen (secondary N) is 2. The number of amides is 1. The number of hydrogen-bond acceptors (Lipinski definition) is 4. The lowest BCUT2D eigenvalue weighted by atomic mass is 10.1. The second-order valence-electron chi connectivity index (χ2n) is 5.71. The first-order valence-corrected chi connectivity index (χ1v) is 8.64. The van der Waals surface area contributed by atoms with Crippen LogP contribution < -0.4 is 10.1 Å². The van der Waals surface area contributed by atoms with E-state index in [4.69, 9.17) is 0 Å². The molecule has 0 saturated heterocycles. The molecular weight excluding hydrogens is 342 g/mol. The largest absolute Gasteiger partial charge is 0.435 e. The van der Waals surface area contributed by atoms with Crippen molar-refractivity contribution < 1.29 is 18.3 Å². The minimum Gasteiger partial charge on any atom is -0.435 e. The lowest BCUT2D eigenvalue weighted by molar-refractivity contribution is -0.0498. The molecule has 1 aromatic heterocycles. The summed E-state index contributed by atoms with van der Waals surface area (Å²) in [6, 6.07) is 7.72. The minimum atomic E-state index is -2.86. The zero-order chi connectivity index (χ0) is 18.9. The minimum absolute atomic E-state index is 0.0745. The highest BCUT2D eigenvalue weighted by atomic mass is 19.3. The number of ether oxygens (including phenoxy) is 1. The van der Waals surface area contributed by atoms with Gasteiger partial charge in [-0.05, 0) is 56.4 Å². The number of aromatic amines is 1. The third-order valence-corrected chi connectivity index (χ3v) is 4.03. The molecule has 6 nitrogen and oxygen atoms in total. The second kappa shape index (κ2) is 9.86. The summed E-state index contributed by atoms with van der Waals surface area (Å²) < 4.78 is 28.6. The number of carbonyl (C=O) groups excluding carboxylic acids is 1. The molecule has 0 aliphatic heterocycles. The van der Waals surface area contributed by atoms with Gasteiger partial charge in [0.25, 0.3) is 5.91 Å². The summed E-state index contributed by atoms with van der Waals surface area (Å²) in [4.78, 5) is 14.4. The molecule has 1 aromatic carbocycles. The van der Waals surface area contributed by atoms with Gasteiger partial charge >= 0.3 is 6.61 Å². The van der Waals surface area contributed by atoms with Gasteiger partial charge in [-0.1, -0.05) is 13.8 Å². The number of benzene rings is 1. The number of halogens is 2. The first-order valence-electron chi connectivity index (χ1n) is 8.64. The molecule has 2 rings (SSSR count). The van der Waals surface area contributed by atoms with Crippen LogP contribution in [-0.2, 0) is 0 Å². The van der Waals surface area contributed by atoms with E-state index in [1.807, 2.05) is 0 Å². The Morgan fingerprint density at radius 1 is 1.27 bits per heavy atom. The Kier molecular flexibility index (Phi) is 7.53. The Bertz CT molecular complexity index is 685. The number of alkyl halides is 2. The van der Waals surface area contributed by atoms with Crippen LogP contribution in [0.25, 0.3) is 11.3 Å². The number of carbonyl (C=O) groups is 1. The van der Waals surface area contributed by atoms with Gasteiger partial charge in [0.2, 0.25) is 0 Å². The van der Waals surface area contributed by atoms with Gasteiger partial charge in [-0.25, -0.2) is 0 Å². The lowest BCUT2D eigenvalue weighted by Crippen LogP contribution is -2.30. The molecule has 0 aliphatic rings. The summed E-state index contributed by atoms with van der Waals surface area (Å²) in [6.45, 7) is 4.88. The van der Waals surface area contributed by atoms with E-state index >= 15 is 0 Å². The number of hydrogen-bond donors (Lipinski definition) is 2. The Hall–Kier alpha value is -2.48. The molecule has 0 bridgehead atoms. The molecule has 0 aliphatic carbocycles. The summed E-state index contributed by atoms with van der Waals surface area (Å²) in [6.07, 6.45) is 0.875. The van der Waals surface area contributed by atoms with Crippen molar-refractivity contribution in [2.75, 3.05) is 26.2 Å². The van der Waals surface area contributed by atoms with Crippen molar-refractivity contribution in [1.82, 2.24) is 20.4 Å². The van der Waals surface area contributed by atoms with Crippen LogP contribution >= 0.6 is 0 Å². The maximum atomic E-state index is 12.2. The quantitative estimate of drug-likeness (QED) is 0.634. The van der Waals surface area contributed by atoms with Crippen molar-refractivity contribution >= 4 is 5.91 Å². The first-order chi connectivity index (χ1) is 12.5.